The number of likely N-dealkylation sites (N-methyl/N-ethyl adjacent to an activating group) is 1. The number of ketones is 1. The van der Waals surface area contributed by atoms with Crippen LogP contribution in [0.5, 0.6) is 0 Å². The van der Waals surface area contributed by atoms with Gasteiger partial charge in [0.05, 0.1) is 29.7 Å². The first kappa shape index (κ1) is 14.3. The van der Waals surface area contributed by atoms with Crippen molar-refractivity contribution >= 4 is 23.2 Å². The Morgan fingerprint density at radius 1 is 1.43 bits per heavy atom. The summed E-state index contributed by atoms with van der Waals surface area (Å²) in [7, 11) is 1.77. The van der Waals surface area contributed by atoms with Gasteiger partial charge >= 0.3 is 10.9 Å². The van der Waals surface area contributed by atoms with E-state index in [1.807, 2.05) is 0 Å². The van der Waals surface area contributed by atoms with Crippen LogP contribution in [0.3, 0.4) is 0 Å². The molecule has 21 heavy (non-hydrogen) atoms. The summed E-state index contributed by atoms with van der Waals surface area (Å²) in [6.45, 7) is 1.70. The van der Waals surface area contributed by atoms with Crippen molar-refractivity contribution in [3.8, 4) is 0 Å². The van der Waals surface area contributed by atoms with Crippen molar-refractivity contribution < 1.29 is 9.59 Å². The average Bonchev–Trinajstić information content (AvgIpc) is 2.91. The Hall–Kier alpha value is -1.67. The van der Waals surface area contributed by atoms with Crippen LogP contribution in [0.1, 0.15) is 29.5 Å². The molecule has 2 amide bonds. The van der Waals surface area contributed by atoms with Crippen molar-refractivity contribution in [1.82, 2.24) is 14.4 Å². The molecule has 0 spiro atoms. The van der Waals surface area contributed by atoms with Gasteiger partial charge in [-0.2, -0.15) is 0 Å². The average molecular weight is 310 g/mol. The summed E-state index contributed by atoms with van der Waals surface area (Å²) in [5, 5.41) is 0. The zero-order valence-corrected chi connectivity index (χ0v) is 12.7. The Kier molecular flexibility index (Phi) is 3.58. The van der Waals surface area contributed by atoms with Gasteiger partial charge in [-0.15, -0.1) is 0 Å². The fourth-order valence-electron chi connectivity index (χ4n) is 2.98. The van der Waals surface area contributed by atoms with Crippen LogP contribution in [0.2, 0.25) is 0 Å². The Morgan fingerprint density at radius 2 is 2.19 bits per heavy atom. The standard InChI is InChI=1S/C13H18N4O3S/c1-15-9-6-16(12(15)19)7-10-11(9)21-13(20)17(10)4-2-3-8(18)5-14/h9H,2-7,14H2,1H3. The number of hydrogen-bond acceptors (Lipinski definition) is 5. The molecule has 1 fully saturated rings. The predicted octanol–water partition coefficient (Wildman–Crippen LogP) is 0.140. The van der Waals surface area contributed by atoms with Crippen LogP contribution in [0.25, 0.3) is 0 Å². The lowest BCUT2D eigenvalue weighted by Crippen LogP contribution is -2.30. The van der Waals surface area contributed by atoms with Crippen LogP contribution in [-0.2, 0) is 17.9 Å². The van der Waals surface area contributed by atoms with Crippen LogP contribution in [0, 0.1) is 0 Å². The summed E-state index contributed by atoms with van der Waals surface area (Å²) >= 11 is 1.22. The minimum atomic E-state index is -0.00845. The second kappa shape index (κ2) is 5.27. The molecule has 1 unspecified atom stereocenters. The van der Waals surface area contributed by atoms with Gasteiger partial charge in [-0.05, 0) is 6.42 Å². The number of rotatable bonds is 5. The summed E-state index contributed by atoms with van der Waals surface area (Å²) in [6, 6.07) is 0.00609. The van der Waals surface area contributed by atoms with Crippen molar-refractivity contribution in [2.24, 2.45) is 5.73 Å². The van der Waals surface area contributed by atoms with E-state index in [0.29, 0.717) is 32.5 Å². The molecule has 0 radical (unpaired) electrons. The molecule has 2 aliphatic rings. The minimum Gasteiger partial charge on any atom is -0.324 e. The molecule has 1 aromatic heterocycles. The highest BCUT2D eigenvalue weighted by Crippen LogP contribution is 2.38. The lowest BCUT2D eigenvalue weighted by Gasteiger charge is -2.22. The topological polar surface area (TPSA) is 88.6 Å². The molecule has 1 aromatic rings. The summed E-state index contributed by atoms with van der Waals surface area (Å²) in [5.74, 6) is 0.00544. The summed E-state index contributed by atoms with van der Waals surface area (Å²) in [5.41, 5.74) is 6.21. The number of urea groups is 1. The molecule has 1 saturated heterocycles. The van der Waals surface area contributed by atoms with Crippen molar-refractivity contribution in [1.29, 1.82) is 0 Å². The van der Waals surface area contributed by atoms with E-state index in [4.69, 9.17) is 5.73 Å². The second-order valence-corrected chi connectivity index (χ2v) is 6.46. The number of thiazole rings is 1. The molecule has 0 aliphatic carbocycles. The van der Waals surface area contributed by atoms with Gasteiger partial charge in [0, 0.05) is 26.6 Å². The van der Waals surface area contributed by atoms with E-state index in [-0.39, 0.29) is 29.3 Å². The Bertz CT molecular complexity index is 650. The molecule has 7 nitrogen and oxygen atoms in total. The quantitative estimate of drug-likeness (QED) is 0.838. The number of nitrogens with two attached hydrogens (primary N) is 1. The first-order valence-corrected chi connectivity index (χ1v) is 7.80. The third-order valence-corrected chi connectivity index (χ3v) is 5.29. The Balaban J connectivity index is 1.82. The lowest BCUT2D eigenvalue weighted by atomic mass is 10.1. The fraction of sp³-hybridized carbons (Fsp3) is 0.615. The van der Waals surface area contributed by atoms with Gasteiger partial charge in [-0.3, -0.25) is 9.59 Å². The largest absolute Gasteiger partial charge is 0.324 e. The van der Waals surface area contributed by atoms with Gasteiger partial charge in [-0.25, -0.2) is 4.79 Å². The molecule has 2 bridgehead atoms. The van der Waals surface area contributed by atoms with Gasteiger partial charge in [0.1, 0.15) is 5.78 Å². The first-order valence-electron chi connectivity index (χ1n) is 6.98. The normalized spacial score (nSPS) is 20.1. The maximum absolute atomic E-state index is 12.2. The van der Waals surface area contributed by atoms with Gasteiger partial charge in [0.2, 0.25) is 0 Å². The Labute approximate surface area is 125 Å². The Morgan fingerprint density at radius 3 is 2.90 bits per heavy atom. The second-order valence-electron chi connectivity index (χ2n) is 5.47. The number of carbonyl (C=O) groups excluding carboxylic acids is 2. The molecule has 2 N–H and O–H groups in total. The zero-order valence-electron chi connectivity index (χ0n) is 11.9. The number of hydrogen-bond donors (Lipinski definition) is 1. The SMILES string of the molecule is CN1C(=O)N2Cc3c(sc(=O)n3CCCC(=O)CN)C1C2. The van der Waals surface area contributed by atoms with E-state index in [1.54, 1.807) is 21.4 Å². The highest BCUT2D eigenvalue weighted by molar-refractivity contribution is 7.09. The van der Waals surface area contributed by atoms with E-state index >= 15 is 0 Å². The lowest BCUT2D eigenvalue weighted by molar-refractivity contribution is -0.117. The highest BCUT2D eigenvalue weighted by Gasteiger charge is 2.43. The predicted molar refractivity (Wildman–Crippen MR) is 78.2 cm³/mol. The number of aromatic nitrogens is 1. The van der Waals surface area contributed by atoms with Gasteiger partial charge < -0.3 is 20.1 Å². The van der Waals surface area contributed by atoms with Gasteiger partial charge in [0.15, 0.2) is 0 Å². The van der Waals surface area contributed by atoms with E-state index in [9.17, 15) is 14.4 Å². The number of amides is 2. The third kappa shape index (κ3) is 2.28. The minimum absolute atomic E-state index is 0.00482. The maximum Gasteiger partial charge on any atom is 0.320 e. The smallest absolute Gasteiger partial charge is 0.320 e. The van der Waals surface area contributed by atoms with Crippen molar-refractivity contribution in [3.05, 3.63) is 20.2 Å². The molecule has 114 valence electrons. The number of fused-ring (bicyclic) bond motifs is 4. The molecule has 3 heterocycles. The van der Waals surface area contributed by atoms with Crippen LogP contribution in [-0.4, -0.2) is 46.3 Å². The van der Waals surface area contributed by atoms with Crippen molar-refractivity contribution in [2.45, 2.75) is 32.0 Å². The molecule has 1 atom stereocenters. The molecule has 8 heteroatoms. The van der Waals surface area contributed by atoms with E-state index < -0.39 is 0 Å². The number of Topliss-reactive ketones (excluding diaryl/α,β-unsaturated/α-hetero) is 1. The summed E-state index contributed by atoms with van der Waals surface area (Å²) in [6.07, 6.45) is 0.993. The van der Waals surface area contributed by atoms with Gasteiger partial charge in [-0.1, -0.05) is 11.3 Å². The van der Waals surface area contributed by atoms with E-state index in [0.717, 1.165) is 10.6 Å². The summed E-state index contributed by atoms with van der Waals surface area (Å²) < 4.78 is 1.72. The maximum atomic E-state index is 12.2. The van der Waals surface area contributed by atoms with Crippen LogP contribution < -0.4 is 10.6 Å². The summed E-state index contributed by atoms with van der Waals surface area (Å²) in [4.78, 5) is 39.9. The van der Waals surface area contributed by atoms with Crippen LogP contribution >= 0.6 is 11.3 Å². The first-order chi connectivity index (χ1) is 10.0. The molecule has 3 rings (SSSR count). The molecule has 0 aromatic carbocycles. The zero-order chi connectivity index (χ0) is 15.1. The molecular formula is C13H18N4O3S. The van der Waals surface area contributed by atoms with Crippen molar-refractivity contribution in [2.75, 3.05) is 20.1 Å². The third-order valence-electron chi connectivity index (χ3n) is 4.17. The van der Waals surface area contributed by atoms with E-state index in [2.05, 4.69) is 0 Å². The monoisotopic (exact) mass is 310 g/mol. The number of nitrogens with zero attached hydrogens (tertiary/aromatic N) is 3. The molecule has 0 saturated carbocycles. The number of carbonyl (C=O) groups is 2. The molecule has 2 aliphatic heterocycles. The fourth-order valence-corrected chi connectivity index (χ4v) is 4.14. The molecular weight excluding hydrogens is 292 g/mol. The van der Waals surface area contributed by atoms with Gasteiger partial charge in [0.25, 0.3) is 0 Å². The van der Waals surface area contributed by atoms with Crippen LogP contribution in [0.15, 0.2) is 4.79 Å². The van der Waals surface area contributed by atoms with E-state index in [1.165, 1.54) is 11.3 Å². The highest BCUT2D eigenvalue weighted by atomic mass is 32.1. The van der Waals surface area contributed by atoms with Crippen LogP contribution in [0.4, 0.5) is 4.79 Å². The van der Waals surface area contributed by atoms with Crippen molar-refractivity contribution in [3.63, 3.8) is 0 Å².